The van der Waals surface area contributed by atoms with Crippen LogP contribution in [0.2, 0.25) is 5.02 Å². The van der Waals surface area contributed by atoms with Gasteiger partial charge >= 0.3 is 0 Å². The van der Waals surface area contributed by atoms with Crippen LogP contribution >= 0.6 is 23.8 Å². The van der Waals surface area contributed by atoms with Gasteiger partial charge < -0.3 is 9.47 Å². The molecule has 2 aromatic carbocycles. The number of aryl methyl sites for hydroxylation is 2. The molecule has 0 radical (unpaired) electrons. The molecule has 0 aliphatic carbocycles. The van der Waals surface area contributed by atoms with Crippen LogP contribution < -0.4 is 9.47 Å². The van der Waals surface area contributed by atoms with Crippen molar-refractivity contribution in [3.05, 3.63) is 58.1 Å². The Kier molecular flexibility index (Phi) is 5.81. The van der Waals surface area contributed by atoms with Crippen LogP contribution in [-0.4, -0.2) is 5.05 Å². The summed E-state index contributed by atoms with van der Waals surface area (Å²) < 4.78 is 11.5. The fraction of sp³-hybridized carbons (Fsp3) is 0.278. The summed E-state index contributed by atoms with van der Waals surface area (Å²) in [6.07, 6.45) is 1.01. The van der Waals surface area contributed by atoms with Gasteiger partial charge in [0.05, 0.1) is 10.6 Å². The van der Waals surface area contributed by atoms with E-state index in [1.165, 1.54) is 5.56 Å². The molecule has 116 valence electrons. The number of thiocarbonyl (C=S) groups is 1. The van der Waals surface area contributed by atoms with E-state index in [1.807, 2.05) is 31.2 Å². The van der Waals surface area contributed by atoms with Gasteiger partial charge in [-0.25, -0.2) is 0 Å². The summed E-state index contributed by atoms with van der Waals surface area (Å²) in [5.74, 6) is 1.49. The number of hydrogen-bond donors (Lipinski definition) is 0. The maximum absolute atomic E-state index is 6.26. The van der Waals surface area contributed by atoms with Gasteiger partial charge in [-0.05, 0) is 54.9 Å². The van der Waals surface area contributed by atoms with E-state index in [9.17, 15) is 0 Å². The van der Waals surface area contributed by atoms with Crippen LogP contribution in [0.15, 0.2) is 36.4 Å². The average Bonchev–Trinajstić information content (AvgIpc) is 2.47. The first kappa shape index (κ1) is 16.8. The SMILES string of the molecule is CCc1ccc(OCc2c(Cl)cccc2OC(C)=S)c(C)c1. The summed E-state index contributed by atoms with van der Waals surface area (Å²) >= 11 is 11.3. The Morgan fingerprint density at radius 1 is 1.18 bits per heavy atom. The molecule has 0 unspecified atom stereocenters. The lowest BCUT2D eigenvalue weighted by atomic mass is 10.1. The Balaban J connectivity index is 2.19. The minimum absolute atomic E-state index is 0.337. The Morgan fingerprint density at radius 3 is 2.59 bits per heavy atom. The Bertz CT molecular complexity index is 683. The molecule has 2 aromatic rings. The van der Waals surface area contributed by atoms with Crippen LogP contribution in [0.1, 0.15) is 30.5 Å². The van der Waals surface area contributed by atoms with Crippen molar-refractivity contribution in [2.75, 3.05) is 0 Å². The molecule has 0 saturated carbocycles. The van der Waals surface area contributed by atoms with E-state index in [0.29, 0.717) is 22.4 Å². The third-order valence-corrected chi connectivity index (χ3v) is 3.79. The third kappa shape index (κ3) is 4.21. The van der Waals surface area contributed by atoms with Gasteiger partial charge in [0.2, 0.25) is 0 Å². The molecule has 0 bridgehead atoms. The van der Waals surface area contributed by atoms with Gasteiger partial charge in [-0.1, -0.05) is 36.7 Å². The van der Waals surface area contributed by atoms with Crippen LogP contribution in [-0.2, 0) is 13.0 Å². The average molecular weight is 335 g/mol. The van der Waals surface area contributed by atoms with Gasteiger partial charge in [-0.15, -0.1) is 0 Å². The van der Waals surface area contributed by atoms with Gasteiger partial charge in [0.1, 0.15) is 18.1 Å². The molecule has 0 N–H and O–H groups in total. The largest absolute Gasteiger partial charge is 0.488 e. The molecule has 4 heteroatoms. The van der Waals surface area contributed by atoms with Crippen molar-refractivity contribution in [3.8, 4) is 11.5 Å². The number of halogens is 1. The van der Waals surface area contributed by atoms with Gasteiger partial charge in [0.15, 0.2) is 5.05 Å². The first-order valence-electron chi connectivity index (χ1n) is 7.19. The lowest BCUT2D eigenvalue weighted by Crippen LogP contribution is -2.05. The van der Waals surface area contributed by atoms with E-state index in [1.54, 1.807) is 6.92 Å². The third-order valence-electron chi connectivity index (χ3n) is 3.35. The van der Waals surface area contributed by atoms with Gasteiger partial charge in [-0.3, -0.25) is 0 Å². The summed E-state index contributed by atoms with van der Waals surface area (Å²) in [6, 6.07) is 11.7. The zero-order chi connectivity index (χ0) is 16.1. The van der Waals surface area contributed by atoms with Crippen molar-refractivity contribution in [2.45, 2.75) is 33.8 Å². The lowest BCUT2D eigenvalue weighted by Gasteiger charge is -2.14. The normalized spacial score (nSPS) is 10.4. The number of benzene rings is 2. The summed E-state index contributed by atoms with van der Waals surface area (Å²) in [4.78, 5) is 0. The zero-order valence-corrected chi connectivity index (χ0v) is 14.6. The molecule has 0 amide bonds. The van der Waals surface area contributed by atoms with Crippen molar-refractivity contribution >= 4 is 28.9 Å². The molecule has 0 spiro atoms. The summed E-state index contributed by atoms with van der Waals surface area (Å²) in [6.45, 7) is 6.24. The highest BCUT2D eigenvalue weighted by Crippen LogP contribution is 2.29. The van der Waals surface area contributed by atoms with Crippen LogP contribution in [0.5, 0.6) is 11.5 Å². The van der Waals surface area contributed by atoms with E-state index < -0.39 is 0 Å². The van der Waals surface area contributed by atoms with Crippen molar-refractivity contribution in [2.24, 2.45) is 0 Å². The molecule has 22 heavy (non-hydrogen) atoms. The highest BCUT2D eigenvalue weighted by atomic mass is 35.5. The summed E-state index contributed by atoms with van der Waals surface area (Å²) in [7, 11) is 0. The number of ether oxygens (including phenoxy) is 2. The maximum atomic E-state index is 6.26. The number of rotatable bonds is 5. The highest BCUT2D eigenvalue weighted by Gasteiger charge is 2.11. The molecule has 2 rings (SSSR count). The highest BCUT2D eigenvalue weighted by molar-refractivity contribution is 7.80. The van der Waals surface area contributed by atoms with Crippen molar-refractivity contribution in [1.29, 1.82) is 0 Å². The van der Waals surface area contributed by atoms with Crippen molar-refractivity contribution in [3.63, 3.8) is 0 Å². The number of hydrogen-bond acceptors (Lipinski definition) is 3. The van der Waals surface area contributed by atoms with Gasteiger partial charge in [0.25, 0.3) is 0 Å². The van der Waals surface area contributed by atoms with E-state index in [0.717, 1.165) is 23.3 Å². The quantitative estimate of drug-likeness (QED) is 0.671. The summed E-state index contributed by atoms with van der Waals surface area (Å²) in [5, 5.41) is 1.06. The maximum Gasteiger partial charge on any atom is 0.164 e. The first-order chi connectivity index (χ1) is 10.5. The molecule has 2 nitrogen and oxygen atoms in total. The fourth-order valence-electron chi connectivity index (χ4n) is 2.17. The second-order valence-corrected chi connectivity index (χ2v) is 6.03. The van der Waals surface area contributed by atoms with Crippen LogP contribution in [0, 0.1) is 6.92 Å². The molecule has 0 aliphatic heterocycles. The smallest absolute Gasteiger partial charge is 0.164 e. The predicted molar refractivity (Wildman–Crippen MR) is 95.2 cm³/mol. The molecule has 0 aliphatic rings. The second kappa shape index (κ2) is 7.61. The molecular formula is C18H19ClO2S. The van der Waals surface area contributed by atoms with Crippen LogP contribution in [0.25, 0.3) is 0 Å². The molecule has 0 aromatic heterocycles. The van der Waals surface area contributed by atoms with Gasteiger partial charge in [-0.2, -0.15) is 0 Å². The van der Waals surface area contributed by atoms with E-state index in [-0.39, 0.29) is 0 Å². The van der Waals surface area contributed by atoms with Crippen molar-refractivity contribution in [1.82, 2.24) is 0 Å². The Labute approximate surface area is 142 Å². The Morgan fingerprint density at radius 2 is 1.95 bits per heavy atom. The van der Waals surface area contributed by atoms with Crippen molar-refractivity contribution < 1.29 is 9.47 Å². The second-order valence-electron chi connectivity index (χ2n) is 5.05. The van der Waals surface area contributed by atoms with Crippen LogP contribution in [0.4, 0.5) is 0 Å². The Hall–Kier alpha value is -1.58. The minimum atomic E-state index is 0.337. The van der Waals surface area contributed by atoms with E-state index >= 15 is 0 Å². The molecule has 0 atom stereocenters. The zero-order valence-electron chi connectivity index (χ0n) is 13.0. The molecule has 0 fully saturated rings. The summed E-state index contributed by atoms with van der Waals surface area (Å²) in [5.41, 5.74) is 3.20. The minimum Gasteiger partial charge on any atom is -0.488 e. The van der Waals surface area contributed by atoms with Gasteiger partial charge in [0, 0.05) is 6.92 Å². The predicted octanol–water partition coefficient (Wildman–Crippen LogP) is 5.52. The monoisotopic (exact) mass is 334 g/mol. The first-order valence-corrected chi connectivity index (χ1v) is 7.98. The molecule has 0 heterocycles. The fourth-order valence-corrected chi connectivity index (χ4v) is 2.48. The standard InChI is InChI=1S/C18H19ClO2S/c1-4-14-8-9-17(12(2)10-14)20-11-15-16(19)6-5-7-18(15)21-13(3)22/h5-10H,4,11H2,1-3H3. The topological polar surface area (TPSA) is 18.5 Å². The van der Waals surface area contributed by atoms with E-state index in [2.05, 4.69) is 19.1 Å². The lowest BCUT2D eigenvalue weighted by molar-refractivity contribution is 0.300. The molecule has 0 saturated heterocycles. The van der Waals surface area contributed by atoms with E-state index in [4.69, 9.17) is 33.3 Å². The molecular weight excluding hydrogens is 316 g/mol. The van der Waals surface area contributed by atoms with Crippen LogP contribution in [0.3, 0.4) is 0 Å².